The molecule has 1 heterocycles. The van der Waals surface area contributed by atoms with Crippen molar-refractivity contribution in [3.8, 4) is 0 Å². The van der Waals surface area contributed by atoms with Gasteiger partial charge in [-0.15, -0.1) is 0 Å². The first-order valence-corrected chi connectivity index (χ1v) is 6.88. The van der Waals surface area contributed by atoms with Crippen molar-refractivity contribution in [3.63, 3.8) is 0 Å². The highest BCUT2D eigenvalue weighted by Gasteiger charge is 2.29. The Balaban J connectivity index is 2.12. The molecule has 3 nitrogen and oxygen atoms in total. The Labute approximate surface area is 109 Å². The van der Waals surface area contributed by atoms with Crippen LogP contribution in [0.1, 0.15) is 33.1 Å². The molecule has 0 bridgehead atoms. The predicted molar refractivity (Wildman–Crippen MR) is 76.2 cm³/mol. The Morgan fingerprint density at radius 2 is 2.06 bits per heavy atom. The van der Waals surface area contributed by atoms with Crippen molar-refractivity contribution in [2.24, 2.45) is 4.99 Å². The van der Waals surface area contributed by atoms with E-state index in [1.54, 1.807) is 0 Å². The fourth-order valence-electron chi connectivity index (χ4n) is 2.02. The van der Waals surface area contributed by atoms with Crippen LogP contribution in [-0.4, -0.2) is 25.2 Å². The lowest BCUT2D eigenvalue weighted by Gasteiger charge is -2.15. The molecule has 0 saturated carbocycles. The number of rotatable bonds is 5. The van der Waals surface area contributed by atoms with Crippen molar-refractivity contribution in [1.29, 1.82) is 0 Å². The summed E-state index contributed by atoms with van der Waals surface area (Å²) < 4.78 is 5.90. The summed E-state index contributed by atoms with van der Waals surface area (Å²) >= 11 is 0. The third-order valence-electron chi connectivity index (χ3n) is 3.17. The van der Waals surface area contributed by atoms with Gasteiger partial charge in [-0.05, 0) is 25.0 Å². The molecule has 0 N–H and O–H groups in total. The molecule has 0 aromatic heterocycles. The van der Waals surface area contributed by atoms with Crippen LogP contribution in [0.5, 0.6) is 0 Å². The monoisotopic (exact) mass is 246 g/mol. The Hall–Kier alpha value is -1.51. The quantitative estimate of drug-likeness (QED) is 0.743. The van der Waals surface area contributed by atoms with Gasteiger partial charge in [0, 0.05) is 12.2 Å². The number of aliphatic imine (C=N–C) groups is 1. The summed E-state index contributed by atoms with van der Waals surface area (Å²) in [6.45, 7) is 6.10. The molecule has 2 rings (SSSR count). The molecule has 3 heteroatoms. The van der Waals surface area contributed by atoms with Crippen molar-refractivity contribution in [2.45, 2.75) is 39.2 Å². The van der Waals surface area contributed by atoms with Gasteiger partial charge in [-0.1, -0.05) is 38.5 Å². The number of benzene rings is 1. The van der Waals surface area contributed by atoms with Crippen molar-refractivity contribution < 1.29 is 4.74 Å². The number of nitrogens with zero attached hydrogens (tertiary/aromatic N) is 2. The summed E-state index contributed by atoms with van der Waals surface area (Å²) in [6.07, 6.45) is 3.58. The second kappa shape index (κ2) is 6.43. The van der Waals surface area contributed by atoms with Crippen LogP contribution in [0.2, 0.25) is 0 Å². The van der Waals surface area contributed by atoms with Gasteiger partial charge < -0.3 is 4.74 Å². The predicted octanol–water partition coefficient (Wildman–Crippen LogP) is 3.46. The van der Waals surface area contributed by atoms with E-state index in [9.17, 15) is 0 Å². The van der Waals surface area contributed by atoms with Gasteiger partial charge in [-0.3, -0.25) is 4.90 Å². The second-order valence-electron chi connectivity index (χ2n) is 4.61. The van der Waals surface area contributed by atoms with E-state index in [-0.39, 0.29) is 6.10 Å². The molecule has 0 aliphatic carbocycles. The lowest BCUT2D eigenvalue weighted by molar-refractivity contribution is 0.225. The molecule has 1 aliphatic heterocycles. The van der Waals surface area contributed by atoms with Gasteiger partial charge in [0.1, 0.15) is 6.10 Å². The molecular formula is C15H22N2O. The van der Waals surface area contributed by atoms with Gasteiger partial charge in [0.2, 0.25) is 0 Å². The van der Waals surface area contributed by atoms with Crippen LogP contribution in [0.15, 0.2) is 35.3 Å². The fraction of sp³-hybridized carbons (Fsp3) is 0.533. The largest absolute Gasteiger partial charge is 0.460 e. The summed E-state index contributed by atoms with van der Waals surface area (Å²) in [4.78, 5) is 6.77. The maximum Gasteiger partial charge on any atom is 0.292 e. The minimum atomic E-state index is 0.269. The first-order chi connectivity index (χ1) is 8.85. The number of anilines is 1. The average molecular weight is 246 g/mol. The van der Waals surface area contributed by atoms with E-state index in [4.69, 9.17) is 4.74 Å². The molecule has 1 saturated heterocycles. The highest BCUT2D eigenvalue weighted by Crippen LogP contribution is 2.22. The van der Waals surface area contributed by atoms with E-state index in [0.29, 0.717) is 0 Å². The van der Waals surface area contributed by atoms with E-state index >= 15 is 0 Å². The first-order valence-electron chi connectivity index (χ1n) is 6.88. The summed E-state index contributed by atoms with van der Waals surface area (Å²) in [5.41, 5.74) is 1.17. The van der Waals surface area contributed by atoms with Crippen LogP contribution >= 0.6 is 0 Å². The molecule has 1 unspecified atom stereocenters. The lowest BCUT2D eigenvalue weighted by atomic mass is 10.2. The van der Waals surface area contributed by atoms with Gasteiger partial charge in [-0.25, -0.2) is 4.99 Å². The third-order valence-corrected chi connectivity index (χ3v) is 3.17. The molecular weight excluding hydrogens is 224 g/mol. The van der Waals surface area contributed by atoms with Crippen molar-refractivity contribution in [2.75, 3.05) is 18.0 Å². The third kappa shape index (κ3) is 3.03. The molecule has 98 valence electrons. The standard InChI is InChI=1S/C15H22N2O/c1-3-5-11-16-15-17(12-14(4-2)18-15)13-9-7-6-8-10-13/h6-10,14H,3-5,11-12H2,1-2H3. The van der Waals surface area contributed by atoms with Crippen molar-refractivity contribution in [3.05, 3.63) is 30.3 Å². The van der Waals surface area contributed by atoms with E-state index < -0.39 is 0 Å². The highest BCUT2D eigenvalue weighted by atomic mass is 16.5. The second-order valence-corrected chi connectivity index (χ2v) is 4.61. The van der Waals surface area contributed by atoms with Crippen LogP contribution < -0.4 is 4.90 Å². The Morgan fingerprint density at radius 1 is 1.28 bits per heavy atom. The van der Waals surface area contributed by atoms with E-state index in [1.165, 1.54) is 12.1 Å². The molecule has 1 fully saturated rings. The van der Waals surface area contributed by atoms with Crippen LogP contribution in [0.4, 0.5) is 5.69 Å². The molecule has 0 amide bonds. The maximum atomic E-state index is 5.90. The zero-order valence-corrected chi connectivity index (χ0v) is 11.3. The van der Waals surface area contributed by atoms with Gasteiger partial charge in [0.05, 0.1) is 6.54 Å². The number of unbranched alkanes of at least 4 members (excludes halogenated alkanes) is 1. The Bertz CT molecular complexity index is 389. The van der Waals surface area contributed by atoms with Crippen molar-refractivity contribution >= 4 is 11.7 Å². The number of ether oxygens (including phenoxy) is 1. The molecule has 1 aromatic carbocycles. The topological polar surface area (TPSA) is 24.8 Å². The van der Waals surface area contributed by atoms with E-state index in [1.807, 2.05) is 6.07 Å². The van der Waals surface area contributed by atoms with Crippen LogP contribution in [0.25, 0.3) is 0 Å². The molecule has 1 aromatic rings. The number of hydrogen-bond acceptors (Lipinski definition) is 2. The lowest BCUT2D eigenvalue weighted by Crippen LogP contribution is -2.25. The minimum absolute atomic E-state index is 0.269. The van der Waals surface area contributed by atoms with E-state index in [2.05, 4.69) is 48.0 Å². The number of para-hydroxylation sites is 1. The SMILES string of the molecule is CCCCN=C1OC(CC)CN1c1ccccc1. The fourth-order valence-corrected chi connectivity index (χ4v) is 2.02. The Kier molecular flexibility index (Phi) is 4.62. The number of hydrogen-bond donors (Lipinski definition) is 0. The molecule has 1 atom stereocenters. The van der Waals surface area contributed by atoms with Gasteiger partial charge in [0.25, 0.3) is 6.02 Å². The average Bonchev–Trinajstić information content (AvgIpc) is 2.83. The smallest absolute Gasteiger partial charge is 0.292 e. The summed E-state index contributed by atoms with van der Waals surface area (Å²) in [5.74, 6) is 0. The van der Waals surface area contributed by atoms with Crippen LogP contribution in [0, 0.1) is 0 Å². The normalized spacial score (nSPS) is 21.3. The zero-order valence-electron chi connectivity index (χ0n) is 11.3. The summed E-state index contributed by atoms with van der Waals surface area (Å²) in [7, 11) is 0. The van der Waals surface area contributed by atoms with Crippen LogP contribution in [-0.2, 0) is 4.74 Å². The summed E-state index contributed by atoms with van der Waals surface area (Å²) in [5, 5.41) is 0. The first kappa shape index (κ1) is 12.9. The van der Waals surface area contributed by atoms with Gasteiger partial charge in [-0.2, -0.15) is 0 Å². The molecule has 18 heavy (non-hydrogen) atoms. The van der Waals surface area contributed by atoms with E-state index in [0.717, 1.165) is 32.0 Å². The molecule has 1 aliphatic rings. The van der Waals surface area contributed by atoms with Crippen LogP contribution in [0.3, 0.4) is 0 Å². The van der Waals surface area contributed by atoms with Gasteiger partial charge >= 0.3 is 0 Å². The number of amidine groups is 1. The Morgan fingerprint density at radius 3 is 2.72 bits per heavy atom. The molecule has 0 radical (unpaired) electrons. The maximum absolute atomic E-state index is 5.90. The summed E-state index contributed by atoms with van der Waals surface area (Å²) in [6, 6.07) is 11.1. The van der Waals surface area contributed by atoms with Crippen molar-refractivity contribution in [1.82, 2.24) is 0 Å². The highest BCUT2D eigenvalue weighted by molar-refractivity contribution is 5.93. The zero-order chi connectivity index (χ0) is 12.8. The molecule has 0 spiro atoms. The van der Waals surface area contributed by atoms with Gasteiger partial charge in [0.15, 0.2) is 0 Å². The minimum Gasteiger partial charge on any atom is -0.460 e.